The molecule has 0 spiro atoms. The maximum absolute atomic E-state index is 13.5. The van der Waals surface area contributed by atoms with Crippen LogP contribution in [0.1, 0.15) is 59.9 Å². The van der Waals surface area contributed by atoms with Crippen LogP contribution in [0.5, 0.6) is 0 Å². The van der Waals surface area contributed by atoms with Crippen LogP contribution in [0.15, 0.2) is 54.6 Å². The minimum atomic E-state index is -0.507. The highest BCUT2D eigenvalue weighted by Gasteiger charge is 2.41. The molecule has 2 heterocycles. The van der Waals surface area contributed by atoms with Crippen molar-refractivity contribution in [3.63, 3.8) is 0 Å². The summed E-state index contributed by atoms with van der Waals surface area (Å²) in [6, 6.07) is 19.4. The average Bonchev–Trinajstić information content (AvgIpc) is 2.75. The number of methoxy groups -OCH3 is 2. The molecule has 29 heavy (non-hydrogen) atoms. The summed E-state index contributed by atoms with van der Waals surface area (Å²) in [6.07, 6.45) is 5.03. The number of carbonyl (C=O) groups excluding carboxylic acids is 1. The topological polar surface area (TPSA) is 38.8 Å². The number of rotatable bonds is 7. The standard InChI is InChI=1S/C25H31NO3/c1-28-25(29-2)23-14-7-6-13-22(23)24(27)19-15-20-11-8-12-21(16-19)26(20)17-18-9-4-3-5-10-18/h3-7,9-10,13-14,19-21,25H,8,11-12,15-17H2,1-2H3. The molecule has 2 atom stereocenters. The number of Topliss-reactive ketones (excluding diaryl/α,β-unsaturated/α-hetero) is 1. The predicted octanol–water partition coefficient (Wildman–Crippen LogP) is 4.99. The van der Waals surface area contributed by atoms with E-state index in [2.05, 4.69) is 35.2 Å². The van der Waals surface area contributed by atoms with Crippen LogP contribution >= 0.6 is 0 Å². The number of ketones is 1. The van der Waals surface area contributed by atoms with Gasteiger partial charge >= 0.3 is 0 Å². The van der Waals surface area contributed by atoms with E-state index in [9.17, 15) is 4.79 Å². The van der Waals surface area contributed by atoms with E-state index in [4.69, 9.17) is 9.47 Å². The van der Waals surface area contributed by atoms with Crippen molar-refractivity contribution < 1.29 is 14.3 Å². The molecular weight excluding hydrogens is 362 g/mol. The summed E-state index contributed by atoms with van der Waals surface area (Å²) in [5.74, 6) is 0.323. The molecule has 2 saturated heterocycles. The largest absolute Gasteiger partial charge is 0.352 e. The maximum Gasteiger partial charge on any atom is 0.183 e. The van der Waals surface area contributed by atoms with Gasteiger partial charge in [-0.2, -0.15) is 0 Å². The molecule has 2 aliphatic heterocycles. The Labute approximate surface area is 173 Å². The first-order valence-electron chi connectivity index (χ1n) is 10.7. The SMILES string of the molecule is COC(OC)c1ccccc1C(=O)C1CC2CCCC(C1)N2Cc1ccccc1. The van der Waals surface area contributed by atoms with Crippen LogP contribution in [0.4, 0.5) is 0 Å². The van der Waals surface area contributed by atoms with E-state index in [1.165, 1.54) is 24.8 Å². The molecule has 0 saturated carbocycles. The fourth-order valence-corrected chi connectivity index (χ4v) is 5.24. The van der Waals surface area contributed by atoms with Gasteiger partial charge in [0.25, 0.3) is 0 Å². The van der Waals surface area contributed by atoms with Crippen LogP contribution in [-0.4, -0.2) is 37.0 Å². The number of benzene rings is 2. The molecule has 2 unspecified atom stereocenters. The first-order valence-corrected chi connectivity index (χ1v) is 10.7. The van der Waals surface area contributed by atoms with Crippen LogP contribution in [0.25, 0.3) is 0 Å². The van der Waals surface area contributed by atoms with Gasteiger partial charge in [0, 0.05) is 49.9 Å². The van der Waals surface area contributed by atoms with Crippen LogP contribution in [0.2, 0.25) is 0 Å². The van der Waals surface area contributed by atoms with Crippen molar-refractivity contribution in [1.29, 1.82) is 0 Å². The number of ether oxygens (including phenoxy) is 2. The number of hydrogen-bond acceptors (Lipinski definition) is 4. The Morgan fingerprint density at radius 1 is 0.966 bits per heavy atom. The van der Waals surface area contributed by atoms with Crippen molar-refractivity contribution >= 4 is 5.78 Å². The maximum atomic E-state index is 13.5. The molecule has 0 radical (unpaired) electrons. The molecule has 2 bridgehead atoms. The van der Waals surface area contributed by atoms with Crippen LogP contribution in [-0.2, 0) is 16.0 Å². The van der Waals surface area contributed by atoms with Crippen LogP contribution in [0.3, 0.4) is 0 Å². The molecule has 4 heteroatoms. The number of fused-ring (bicyclic) bond motifs is 2. The Hall–Kier alpha value is -2.01. The van der Waals surface area contributed by atoms with Gasteiger partial charge in [0.15, 0.2) is 12.1 Å². The minimum absolute atomic E-state index is 0.0767. The number of nitrogens with zero attached hydrogens (tertiary/aromatic N) is 1. The molecule has 0 N–H and O–H groups in total. The highest BCUT2D eigenvalue weighted by atomic mass is 16.7. The Morgan fingerprint density at radius 2 is 1.59 bits per heavy atom. The first kappa shape index (κ1) is 20.3. The number of hydrogen-bond donors (Lipinski definition) is 0. The molecule has 0 aromatic heterocycles. The number of piperidine rings is 2. The smallest absolute Gasteiger partial charge is 0.183 e. The van der Waals surface area contributed by atoms with E-state index < -0.39 is 6.29 Å². The zero-order chi connectivity index (χ0) is 20.2. The third-order valence-corrected chi connectivity index (χ3v) is 6.61. The van der Waals surface area contributed by atoms with Crippen molar-refractivity contribution in [3.05, 3.63) is 71.3 Å². The molecular formula is C25H31NO3. The lowest BCUT2D eigenvalue weighted by Gasteiger charge is -2.48. The lowest BCUT2D eigenvalue weighted by molar-refractivity contribution is -0.106. The molecule has 0 aliphatic carbocycles. The zero-order valence-corrected chi connectivity index (χ0v) is 17.4. The normalized spacial score (nSPS) is 24.6. The highest BCUT2D eigenvalue weighted by molar-refractivity contribution is 5.99. The van der Waals surface area contributed by atoms with E-state index in [0.717, 1.165) is 30.5 Å². The summed E-state index contributed by atoms with van der Waals surface area (Å²) >= 11 is 0. The van der Waals surface area contributed by atoms with Gasteiger partial charge in [-0.15, -0.1) is 0 Å². The fraction of sp³-hybridized carbons (Fsp3) is 0.480. The van der Waals surface area contributed by atoms with Crippen molar-refractivity contribution in [3.8, 4) is 0 Å². The second-order valence-electron chi connectivity index (χ2n) is 8.32. The summed E-state index contributed by atoms with van der Waals surface area (Å²) in [7, 11) is 3.23. The molecule has 4 nitrogen and oxygen atoms in total. The Kier molecular flexibility index (Phi) is 6.43. The van der Waals surface area contributed by atoms with E-state index in [1.807, 2.05) is 24.3 Å². The predicted molar refractivity (Wildman–Crippen MR) is 114 cm³/mol. The van der Waals surface area contributed by atoms with Crippen molar-refractivity contribution in [2.45, 2.75) is 57.0 Å². The summed E-state index contributed by atoms with van der Waals surface area (Å²) in [6.45, 7) is 0.989. The average molecular weight is 394 g/mol. The number of carbonyl (C=O) groups is 1. The van der Waals surface area contributed by atoms with Gasteiger partial charge in [-0.3, -0.25) is 9.69 Å². The molecule has 154 valence electrons. The molecule has 2 aromatic carbocycles. The van der Waals surface area contributed by atoms with Crippen molar-refractivity contribution in [2.24, 2.45) is 5.92 Å². The molecule has 2 fully saturated rings. The molecule has 0 amide bonds. The zero-order valence-electron chi connectivity index (χ0n) is 17.4. The third kappa shape index (κ3) is 4.30. The first-order chi connectivity index (χ1) is 14.2. The van der Waals surface area contributed by atoms with Gasteiger partial charge in [-0.1, -0.05) is 61.0 Å². The summed E-state index contributed by atoms with van der Waals surface area (Å²) < 4.78 is 10.9. The van der Waals surface area contributed by atoms with Crippen LogP contribution < -0.4 is 0 Å². The molecule has 2 aromatic rings. The Balaban J connectivity index is 1.53. The second kappa shape index (κ2) is 9.21. The summed E-state index contributed by atoms with van der Waals surface area (Å²) in [5, 5.41) is 0. The van der Waals surface area contributed by atoms with E-state index in [1.54, 1.807) is 14.2 Å². The van der Waals surface area contributed by atoms with Gasteiger partial charge < -0.3 is 9.47 Å². The Bertz CT molecular complexity index is 804. The van der Waals surface area contributed by atoms with Gasteiger partial charge in [0.2, 0.25) is 0 Å². The van der Waals surface area contributed by atoms with Crippen molar-refractivity contribution in [1.82, 2.24) is 4.90 Å². The Morgan fingerprint density at radius 3 is 2.24 bits per heavy atom. The quantitative estimate of drug-likeness (QED) is 0.490. The second-order valence-corrected chi connectivity index (χ2v) is 8.32. The molecule has 4 rings (SSSR count). The van der Waals surface area contributed by atoms with E-state index in [0.29, 0.717) is 12.1 Å². The van der Waals surface area contributed by atoms with Gasteiger partial charge in [0.1, 0.15) is 0 Å². The fourth-order valence-electron chi connectivity index (χ4n) is 5.24. The third-order valence-electron chi connectivity index (χ3n) is 6.61. The van der Waals surface area contributed by atoms with Crippen LogP contribution in [0, 0.1) is 5.92 Å². The van der Waals surface area contributed by atoms with Gasteiger partial charge in [0.05, 0.1) is 0 Å². The monoisotopic (exact) mass is 393 g/mol. The highest BCUT2D eigenvalue weighted by Crippen LogP contribution is 2.40. The summed E-state index contributed by atoms with van der Waals surface area (Å²) in [5.41, 5.74) is 2.95. The van der Waals surface area contributed by atoms with E-state index in [-0.39, 0.29) is 11.7 Å². The minimum Gasteiger partial charge on any atom is -0.352 e. The van der Waals surface area contributed by atoms with Gasteiger partial charge in [-0.05, 0) is 31.2 Å². The van der Waals surface area contributed by atoms with Crippen molar-refractivity contribution in [2.75, 3.05) is 14.2 Å². The molecule has 2 aliphatic rings. The van der Waals surface area contributed by atoms with E-state index >= 15 is 0 Å². The lowest BCUT2D eigenvalue weighted by atomic mass is 9.75. The summed E-state index contributed by atoms with van der Waals surface area (Å²) in [4.78, 5) is 16.2. The van der Waals surface area contributed by atoms with Gasteiger partial charge in [-0.25, -0.2) is 0 Å². The lowest BCUT2D eigenvalue weighted by Crippen LogP contribution is -2.52.